The van der Waals surface area contributed by atoms with Crippen molar-refractivity contribution in [2.45, 2.75) is 6.61 Å². The number of rotatable bonds is 1. The van der Waals surface area contributed by atoms with E-state index in [9.17, 15) is 15.0 Å². The van der Waals surface area contributed by atoms with E-state index in [-0.39, 0.29) is 23.9 Å². The number of phenols is 2. The Morgan fingerprint density at radius 1 is 1.28 bits per heavy atom. The Balaban J connectivity index is 2.38. The van der Waals surface area contributed by atoms with E-state index in [1.807, 2.05) is 0 Å². The second-order valence-corrected chi connectivity index (χ2v) is 4.07. The van der Waals surface area contributed by atoms with Crippen molar-refractivity contribution in [1.82, 2.24) is 0 Å². The van der Waals surface area contributed by atoms with E-state index in [0.717, 1.165) is 0 Å². The van der Waals surface area contributed by atoms with Gasteiger partial charge >= 0.3 is 5.97 Å². The molecule has 5 heteroatoms. The molecule has 92 valence electrons. The number of aromatic hydroxyl groups is 2. The number of benzene rings is 2. The van der Waals surface area contributed by atoms with Crippen molar-refractivity contribution in [3.63, 3.8) is 0 Å². The zero-order valence-electron chi connectivity index (χ0n) is 9.56. The van der Waals surface area contributed by atoms with Crippen LogP contribution in [0.3, 0.4) is 0 Å². The molecular formula is C13H10O5. The van der Waals surface area contributed by atoms with Crippen LogP contribution in [-0.4, -0.2) is 23.3 Å². The molecule has 5 nitrogen and oxygen atoms in total. The number of methoxy groups -OCH3 is 1. The van der Waals surface area contributed by atoms with E-state index < -0.39 is 5.97 Å². The van der Waals surface area contributed by atoms with Crippen LogP contribution in [0.4, 0.5) is 0 Å². The molecule has 0 atom stereocenters. The first-order valence-electron chi connectivity index (χ1n) is 5.34. The Kier molecular flexibility index (Phi) is 2.10. The molecule has 0 aromatic heterocycles. The summed E-state index contributed by atoms with van der Waals surface area (Å²) in [4.78, 5) is 11.5. The van der Waals surface area contributed by atoms with Gasteiger partial charge in [0.05, 0.1) is 12.7 Å². The van der Waals surface area contributed by atoms with Gasteiger partial charge in [0, 0.05) is 10.9 Å². The SMILES string of the molecule is COc1cc2cc3c(c(O)c2cc1O)COC3=O. The third kappa shape index (κ3) is 1.30. The molecule has 0 saturated carbocycles. The Morgan fingerprint density at radius 2 is 2.06 bits per heavy atom. The summed E-state index contributed by atoms with van der Waals surface area (Å²) in [6.45, 7) is 0.0583. The number of fused-ring (bicyclic) bond motifs is 2. The fourth-order valence-electron chi connectivity index (χ4n) is 2.15. The average Bonchev–Trinajstić information content (AvgIpc) is 2.72. The second-order valence-electron chi connectivity index (χ2n) is 4.07. The lowest BCUT2D eigenvalue weighted by Gasteiger charge is -2.09. The van der Waals surface area contributed by atoms with E-state index in [1.54, 1.807) is 12.1 Å². The highest BCUT2D eigenvalue weighted by molar-refractivity contribution is 6.02. The lowest BCUT2D eigenvalue weighted by Crippen LogP contribution is -1.94. The molecule has 0 fully saturated rings. The van der Waals surface area contributed by atoms with Crippen LogP contribution in [-0.2, 0) is 11.3 Å². The van der Waals surface area contributed by atoms with E-state index in [2.05, 4.69) is 0 Å². The Bertz CT molecular complexity index is 675. The van der Waals surface area contributed by atoms with Gasteiger partial charge in [-0.15, -0.1) is 0 Å². The lowest BCUT2D eigenvalue weighted by molar-refractivity contribution is 0.0534. The summed E-state index contributed by atoms with van der Waals surface area (Å²) in [6.07, 6.45) is 0. The lowest BCUT2D eigenvalue weighted by atomic mass is 10.0. The number of phenolic OH excluding ortho intramolecular Hbond substituents is 2. The summed E-state index contributed by atoms with van der Waals surface area (Å²) in [7, 11) is 1.43. The maximum absolute atomic E-state index is 11.5. The minimum absolute atomic E-state index is 0.0358. The first kappa shape index (κ1) is 10.7. The number of carbonyl (C=O) groups excluding carboxylic acids is 1. The maximum atomic E-state index is 11.5. The summed E-state index contributed by atoms with van der Waals surface area (Å²) in [5, 5.41) is 20.9. The Hall–Kier alpha value is -2.43. The third-order valence-electron chi connectivity index (χ3n) is 3.08. The molecule has 0 aliphatic carbocycles. The number of carbonyl (C=O) groups is 1. The van der Waals surface area contributed by atoms with Crippen molar-refractivity contribution in [2.24, 2.45) is 0 Å². The summed E-state index contributed by atoms with van der Waals surface area (Å²) in [5.74, 6) is -0.265. The standard InChI is InChI=1S/C13H10O5/c1-17-11-3-6-2-8-9(5-18-13(8)16)12(15)7(6)4-10(11)14/h2-4,14-15H,5H2,1H3. The highest BCUT2D eigenvalue weighted by atomic mass is 16.5. The molecule has 2 N–H and O–H groups in total. The van der Waals surface area contributed by atoms with Crippen LogP contribution in [0.2, 0.25) is 0 Å². The molecule has 0 saturated heterocycles. The monoisotopic (exact) mass is 246 g/mol. The predicted molar refractivity (Wildman–Crippen MR) is 62.9 cm³/mol. The van der Waals surface area contributed by atoms with Crippen molar-refractivity contribution >= 4 is 16.7 Å². The van der Waals surface area contributed by atoms with Gasteiger partial charge in [-0.25, -0.2) is 4.79 Å². The fourth-order valence-corrected chi connectivity index (χ4v) is 2.15. The van der Waals surface area contributed by atoms with E-state index in [1.165, 1.54) is 13.2 Å². The maximum Gasteiger partial charge on any atom is 0.339 e. The molecule has 1 heterocycles. The van der Waals surface area contributed by atoms with Gasteiger partial charge in [-0.3, -0.25) is 0 Å². The van der Waals surface area contributed by atoms with Gasteiger partial charge < -0.3 is 19.7 Å². The number of esters is 1. The molecule has 1 aliphatic heterocycles. The smallest absolute Gasteiger partial charge is 0.339 e. The molecule has 3 rings (SSSR count). The zero-order valence-corrected chi connectivity index (χ0v) is 9.56. The number of cyclic esters (lactones) is 1. The third-order valence-corrected chi connectivity index (χ3v) is 3.08. The van der Waals surface area contributed by atoms with Crippen LogP contribution in [0.1, 0.15) is 15.9 Å². The summed E-state index contributed by atoms with van der Waals surface area (Å²) in [6, 6.07) is 4.60. The average molecular weight is 246 g/mol. The molecule has 1 aliphatic rings. The Morgan fingerprint density at radius 3 is 2.78 bits per heavy atom. The molecule has 0 unspecified atom stereocenters. The zero-order chi connectivity index (χ0) is 12.9. The van der Waals surface area contributed by atoms with Gasteiger partial charge in [-0.2, -0.15) is 0 Å². The van der Waals surface area contributed by atoms with E-state index in [4.69, 9.17) is 9.47 Å². The normalized spacial score (nSPS) is 13.5. The fraction of sp³-hybridized carbons (Fsp3) is 0.154. The first-order chi connectivity index (χ1) is 8.61. The molecular weight excluding hydrogens is 236 g/mol. The highest BCUT2D eigenvalue weighted by Crippen LogP contribution is 2.40. The molecule has 18 heavy (non-hydrogen) atoms. The molecule has 0 radical (unpaired) electrons. The topological polar surface area (TPSA) is 76.0 Å². The van der Waals surface area contributed by atoms with Gasteiger partial charge in [-0.05, 0) is 23.6 Å². The van der Waals surface area contributed by atoms with Gasteiger partial charge in [-0.1, -0.05) is 0 Å². The van der Waals surface area contributed by atoms with Crippen LogP contribution in [0.15, 0.2) is 18.2 Å². The van der Waals surface area contributed by atoms with Gasteiger partial charge in [0.2, 0.25) is 0 Å². The van der Waals surface area contributed by atoms with Crippen LogP contribution in [0.25, 0.3) is 10.8 Å². The highest BCUT2D eigenvalue weighted by Gasteiger charge is 2.26. The van der Waals surface area contributed by atoms with Crippen molar-refractivity contribution in [3.8, 4) is 17.2 Å². The van der Waals surface area contributed by atoms with Crippen molar-refractivity contribution in [2.75, 3.05) is 7.11 Å². The number of hydrogen-bond donors (Lipinski definition) is 2. The molecule has 0 bridgehead atoms. The van der Waals surface area contributed by atoms with Gasteiger partial charge in [0.25, 0.3) is 0 Å². The summed E-state index contributed by atoms with van der Waals surface area (Å²) < 4.78 is 9.86. The minimum atomic E-state index is -0.450. The van der Waals surface area contributed by atoms with Crippen molar-refractivity contribution < 1.29 is 24.5 Å². The van der Waals surface area contributed by atoms with Gasteiger partial charge in [0.15, 0.2) is 11.5 Å². The van der Waals surface area contributed by atoms with Crippen LogP contribution < -0.4 is 4.74 Å². The van der Waals surface area contributed by atoms with Crippen LogP contribution in [0, 0.1) is 0 Å². The summed E-state index contributed by atoms with van der Waals surface area (Å²) >= 11 is 0. The van der Waals surface area contributed by atoms with Crippen LogP contribution >= 0.6 is 0 Å². The van der Waals surface area contributed by atoms with E-state index in [0.29, 0.717) is 21.9 Å². The van der Waals surface area contributed by atoms with Crippen molar-refractivity contribution in [3.05, 3.63) is 29.3 Å². The van der Waals surface area contributed by atoms with Crippen LogP contribution in [0.5, 0.6) is 17.2 Å². The largest absolute Gasteiger partial charge is 0.507 e. The van der Waals surface area contributed by atoms with Gasteiger partial charge in [0.1, 0.15) is 12.4 Å². The molecule has 0 spiro atoms. The molecule has 2 aromatic rings. The van der Waals surface area contributed by atoms with Crippen molar-refractivity contribution in [1.29, 1.82) is 0 Å². The molecule has 0 amide bonds. The summed E-state index contributed by atoms with van der Waals surface area (Å²) in [5.41, 5.74) is 0.810. The number of ether oxygens (including phenoxy) is 2. The first-order valence-corrected chi connectivity index (χ1v) is 5.34. The molecule has 2 aromatic carbocycles. The second kappa shape index (κ2) is 3.53. The number of hydrogen-bond acceptors (Lipinski definition) is 5. The minimum Gasteiger partial charge on any atom is -0.507 e. The van der Waals surface area contributed by atoms with E-state index >= 15 is 0 Å². The Labute approximate surface area is 102 Å². The predicted octanol–water partition coefficient (Wildman–Crippen LogP) is 1.93. The quantitative estimate of drug-likeness (QED) is 0.752.